The number of nitrogens with one attached hydrogen (secondary N) is 1. The smallest absolute Gasteiger partial charge is 0.341 e. The second-order valence-electron chi connectivity index (χ2n) is 7.48. The summed E-state index contributed by atoms with van der Waals surface area (Å²) in [5.41, 5.74) is -3.35. The highest BCUT2D eigenvalue weighted by molar-refractivity contribution is 5.92. The number of aromatic nitrogens is 2. The summed E-state index contributed by atoms with van der Waals surface area (Å²) in [4.78, 5) is 45.3. The van der Waals surface area contributed by atoms with Gasteiger partial charge in [0.1, 0.15) is 5.41 Å². The molecule has 7 nitrogen and oxygen atoms in total. The molecule has 1 N–H and O–H groups in total. The van der Waals surface area contributed by atoms with Gasteiger partial charge in [0.15, 0.2) is 5.69 Å². The molecule has 4 rings (SSSR count). The van der Waals surface area contributed by atoms with Crippen molar-refractivity contribution in [3.63, 3.8) is 0 Å². The van der Waals surface area contributed by atoms with Crippen LogP contribution < -0.4 is 5.56 Å². The zero-order valence-electron chi connectivity index (χ0n) is 13.8. The molecule has 1 aromatic rings. The van der Waals surface area contributed by atoms with Crippen molar-refractivity contribution in [1.82, 2.24) is 19.8 Å². The van der Waals surface area contributed by atoms with Gasteiger partial charge in [0.25, 0.3) is 11.5 Å². The summed E-state index contributed by atoms with van der Waals surface area (Å²) in [6, 6.07) is 0. The van der Waals surface area contributed by atoms with Gasteiger partial charge in [-0.3, -0.25) is 14.4 Å². The van der Waals surface area contributed by atoms with E-state index in [-0.39, 0.29) is 37.0 Å². The number of nitrogens with zero attached hydrogens (tertiary/aromatic N) is 3. The van der Waals surface area contributed by atoms with Crippen molar-refractivity contribution in [1.29, 1.82) is 0 Å². The predicted octanol–water partition coefficient (Wildman–Crippen LogP) is 0.787. The van der Waals surface area contributed by atoms with Gasteiger partial charge in [-0.1, -0.05) is 0 Å². The number of carbonyl (C=O) groups is 2. The number of H-pyrrole nitrogens is 1. The van der Waals surface area contributed by atoms with Crippen molar-refractivity contribution < 1.29 is 22.8 Å². The Balaban J connectivity index is 1.40. The lowest BCUT2D eigenvalue weighted by Gasteiger charge is -2.49. The molecule has 2 amide bonds. The monoisotopic (exact) mass is 370 g/mol. The lowest BCUT2D eigenvalue weighted by Crippen LogP contribution is -2.62. The predicted molar refractivity (Wildman–Crippen MR) is 82.1 cm³/mol. The Morgan fingerprint density at radius 3 is 2.35 bits per heavy atom. The zero-order chi connectivity index (χ0) is 18.7. The molecular formula is C16H17F3N4O3. The van der Waals surface area contributed by atoms with E-state index in [0.717, 1.165) is 0 Å². The van der Waals surface area contributed by atoms with Crippen LogP contribution in [-0.4, -0.2) is 63.9 Å². The Hall–Kier alpha value is -2.39. The van der Waals surface area contributed by atoms with Crippen LogP contribution in [-0.2, 0) is 4.79 Å². The van der Waals surface area contributed by atoms with Crippen LogP contribution in [0.2, 0.25) is 0 Å². The first-order chi connectivity index (χ1) is 12.2. The number of aromatic amines is 1. The molecule has 1 aliphatic carbocycles. The van der Waals surface area contributed by atoms with Crippen molar-refractivity contribution in [2.75, 3.05) is 26.2 Å². The summed E-state index contributed by atoms with van der Waals surface area (Å²) in [6.45, 7) is 1.13. The second-order valence-corrected chi connectivity index (χ2v) is 7.48. The summed E-state index contributed by atoms with van der Waals surface area (Å²) in [5, 5.41) is 0. The molecule has 0 bridgehead atoms. The van der Waals surface area contributed by atoms with E-state index in [0.29, 0.717) is 19.5 Å². The average molecular weight is 370 g/mol. The first-order valence-corrected chi connectivity index (χ1v) is 8.37. The van der Waals surface area contributed by atoms with Crippen LogP contribution >= 0.6 is 0 Å². The SMILES string of the molecule is O=C(c1ncc[nH]c1=O)N1CCC2(C1)CN(C(=O)C1(C(F)(F)F)CC1)C2. The number of hydrogen-bond acceptors (Lipinski definition) is 4. The minimum atomic E-state index is -4.51. The van der Waals surface area contributed by atoms with Crippen LogP contribution in [0.25, 0.3) is 0 Å². The Morgan fingerprint density at radius 1 is 1.12 bits per heavy atom. The molecule has 1 aromatic heterocycles. The van der Waals surface area contributed by atoms with Gasteiger partial charge in [-0.25, -0.2) is 4.98 Å². The molecule has 1 spiro atoms. The van der Waals surface area contributed by atoms with Gasteiger partial charge in [0.2, 0.25) is 5.91 Å². The third kappa shape index (κ3) is 2.42. The summed E-state index contributed by atoms with van der Waals surface area (Å²) in [5.74, 6) is -1.34. The Kier molecular flexibility index (Phi) is 3.48. The van der Waals surface area contributed by atoms with Crippen molar-refractivity contribution in [3.05, 3.63) is 28.4 Å². The maximum atomic E-state index is 13.1. The Morgan fingerprint density at radius 2 is 1.77 bits per heavy atom. The van der Waals surface area contributed by atoms with Crippen molar-refractivity contribution in [3.8, 4) is 0 Å². The fourth-order valence-electron chi connectivity index (χ4n) is 3.97. The number of hydrogen-bond donors (Lipinski definition) is 1. The van der Waals surface area contributed by atoms with Crippen LogP contribution in [0.4, 0.5) is 13.2 Å². The minimum Gasteiger partial charge on any atom is -0.341 e. The maximum absolute atomic E-state index is 13.1. The molecule has 0 atom stereocenters. The van der Waals surface area contributed by atoms with Gasteiger partial charge in [-0.2, -0.15) is 13.2 Å². The lowest BCUT2D eigenvalue weighted by molar-refractivity contribution is -0.204. The molecule has 3 aliphatic rings. The quantitative estimate of drug-likeness (QED) is 0.834. The molecule has 0 unspecified atom stereocenters. The topological polar surface area (TPSA) is 86.4 Å². The molecule has 0 radical (unpaired) electrons. The standard InChI is InChI=1S/C16H17F3N4O3/c17-16(18,19)15(1-2-15)13(26)23-8-14(9-23)3-6-22(7-14)12(25)10-11(24)21-5-4-20-10/h4-5H,1-3,6-9H2,(H,21,24). The van der Waals surface area contributed by atoms with Gasteiger partial charge in [0.05, 0.1) is 0 Å². The molecule has 10 heteroatoms. The second kappa shape index (κ2) is 5.31. The molecule has 2 saturated heterocycles. The van der Waals surface area contributed by atoms with E-state index in [1.54, 1.807) is 0 Å². The van der Waals surface area contributed by atoms with Crippen LogP contribution in [0.15, 0.2) is 17.2 Å². The van der Waals surface area contributed by atoms with Crippen LogP contribution in [0.1, 0.15) is 29.8 Å². The Bertz CT molecular complexity index is 825. The highest BCUT2D eigenvalue weighted by atomic mass is 19.4. The van der Waals surface area contributed by atoms with E-state index < -0.39 is 29.0 Å². The van der Waals surface area contributed by atoms with Crippen LogP contribution in [0.3, 0.4) is 0 Å². The number of carbonyl (C=O) groups excluding carboxylic acids is 2. The van der Waals surface area contributed by atoms with Crippen molar-refractivity contribution in [2.24, 2.45) is 10.8 Å². The highest BCUT2D eigenvalue weighted by Gasteiger charge is 2.70. The maximum Gasteiger partial charge on any atom is 0.403 e. The third-order valence-electron chi connectivity index (χ3n) is 5.68. The number of halogens is 3. The van der Waals surface area contributed by atoms with E-state index in [1.165, 1.54) is 22.2 Å². The summed E-state index contributed by atoms with van der Waals surface area (Å²) in [7, 11) is 0. The number of likely N-dealkylation sites (tertiary alicyclic amines) is 2. The highest BCUT2D eigenvalue weighted by Crippen LogP contribution is 2.59. The third-order valence-corrected chi connectivity index (χ3v) is 5.68. The van der Waals surface area contributed by atoms with E-state index in [1.807, 2.05) is 0 Å². The molecular weight excluding hydrogens is 353 g/mol. The van der Waals surface area contributed by atoms with Gasteiger partial charge in [-0.05, 0) is 19.3 Å². The van der Waals surface area contributed by atoms with E-state index >= 15 is 0 Å². The first kappa shape index (κ1) is 17.0. The largest absolute Gasteiger partial charge is 0.403 e. The molecule has 2 aliphatic heterocycles. The summed E-state index contributed by atoms with van der Waals surface area (Å²) >= 11 is 0. The van der Waals surface area contributed by atoms with Crippen molar-refractivity contribution in [2.45, 2.75) is 25.4 Å². The number of amides is 2. The molecule has 1 saturated carbocycles. The van der Waals surface area contributed by atoms with Crippen LogP contribution in [0, 0.1) is 10.8 Å². The van der Waals surface area contributed by atoms with E-state index in [9.17, 15) is 27.6 Å². The van der Waals surface area contributed by atoms with E-state index in [2.05, 4.69) is 9.97 Å². The van der Waals surface area contributed by atoms with Gasteiger partial charge >= 0.3 is 6.18 Å². The molecule has 0 aromatic carbocycles. The molecule has 3 fully saturated rings. The van der Waals surface area contributed by atoms with Crippen LogP contribution in [0.5, 0.6) is 0 Å². The van der Waals surface area contributed by atoms with Gasteiger partial charge in [0, 0.05) is 44.0 Å². The number of rotatable bonds is 2. The van der Waals surface area contributed by atoms with Crippen molar-refractivity contribution >= 4 is 11.8 Å². The normalized spacial score (nSPS) is 23.0. The van der Waals surface area contributed by atoms with Gasteiger partial charge < -0.3 is 14.8 Å². The lowest BCUT2D eigenvalue weighted by atomic mass is 9.78. The molecule has 140 valence electrons. The molecule has 3 heterocycles. The summed E-state index contributed by atoms with van der Waals surface area (Å²) < 4.78 is 39.3. The molecule has 26 heavy (non-hydrogen) atoms. The fraction of sp³-hybridized carbons (Fsp3) is 0.625. The number of alkyl halides is 3. The Labute approximate surface area is 146 Å². The summed E-state index contributed by atoms with van der Waals surface area (Å²) in [6.07, 6.45) is -1.57. The van der Waals surface area contributed by atoms with Gasteiger partial charge in [-0.15, -0.1) is 0 Å². The first-order valence-electron chi connectivity index (χ1n) is 8.37. The zero-order valence-corrected chi connectivity index (χ0v) is 13.8. The fourth-order valence-corrected chi connectivity index (χ4v) is 3.97. The average Bonchev–Trinajstić information content (AvgIpc) is 3.26. The minimum absolute atomic E-state index is 0.147. The van der Waals surface area contributed by atoms with E-state index in [4.69, 9.17) is 0 Å².